The lowest BCUT2D eigenvalue weighted by Crippen LogP contribution is -1.91. The Morgan fingerprint density at radius 2 is 2.07 bits per heavy atom. The van der Waals surface area contributed by atoms with Gasteiger partial charge in [-0.25, -0.2) is 0 Å². The van der Waals surface area contributed by atoms with E-state index in [9.17, 15) is 0 Å². The number of nitrogens with one attached hydrogen (secondary N) is 1. The molecule has 0 fully saturated rings. The van der Waals surface area contributed by atoms with Crippen molar-refractivity contribution in [2.45, 2.75) is 20.5 Å². The number of aliphatic hydroxyl groups is 1. The van der Waals surface area contributed by atoms with Crippen molar-refractivity contribution in [1.82, 2.24) is 0 Å². The summed E-state index contributed by atoms with van der Waals surface area (Å²) in [5, 5.41) is 16.3. The molecule has 0 saturated heterocycles. The van der Waals surface area contributed by atoms with E-state index in [1.165, 1.54) is 6.21 Å². The molecule has 0 aromatic heterocycles. The molecule has 1 rings (SSSR count). The van der Waals surface area contributed by atoms with Crippen LogP contribution in [0.3, 0.4) is 0 Å². The molecule has 2 N–H and O–H groups in total. The van der Waals surface area contributed by atoms with Crippen molar-refractivity contribution in [3.05, 3.63) is 41.0 Å². The normalized spacial score (nSPS) is 11.2. The van der Waals surface area contributed by atoms with E-state index in [2.05, 4.69) is 19.9 Å². The van der Waals surface area contributed by atoms with Crippen LogP contribution in [0.25, 0.3) is 6.08 Å². The van der Waals surface area contributed by atoms with E-state index < -0.39 is 0 Å². The molecule has 0 aliphatic rings. The van der Waals surface area contributed by atoms with Crippen molar-refractivity contribution in [1.29, 1.82) is 5.41 Å². The number of rotatable bonds is 4. The van der Waals surface area contributed by atoms with E-state index in [4.69, 9.17) is 10.5 Å². The molecule has 0 amide bonds. The summed E-state index contributed by atoms with van der Waals surface area (Å²) in [5.74, 6) is 0.501. The monoisotopic (exact) mass is 203 g/mol. The van der Waals surface area contributed by atoms with Gasteiger partial charge in [-0.3, -0.25) is 0 Å². The lowest BCUT2D eigenvalue weighted by Gasteiger charge is -2.03. The maximum Gasteiger partial charge on any atom is 0.0682 e. The molecule has 0 radical (unpaired) electrons. The summed E-state index contributed by atoms with van der Waals surface area (Å²) in [7, 11) is 0. The van der Waals surface area contributed by atoms with Crippen molar-refractivity contribution in [3.63, 3.8) is 0 Å². The lowest BCUT2D eigenvalue weighted by molar-refractivity contribution is 0.282. The fourth-order valence-corrected chi connectivity index (χ4v) is 1.30. The highest BCUT2D eigenvalue weighted by Gasteiger charge is 1.98. The number of hydrogen-bond acceptors (Lipinski definition) is 2. The third-order valence-corrected chi connectivity index (χ3v) is 2.15. The molecular weight excluding hydrogens is 186 g/mol. The van der Waals surface area contributed by atoms with Crippen LogP contribution < -0.4 is 0 Å². The Morgan fingerprint density at radius 1 is 1.33 bits per heavy atom. The van der Waals surface area contributed by atoms with Gasteiger partial charge in [0.25, 0.3) is 0 Å². The van der Waals surface area contributed by atoms with Gasteiger partial charge in [-0.2, -0.15) is 0 Å². The van der Waals surface area contributed by atoms with Crippen LogP contribution in [0.5, 0.6) is 0 Å². The fourth-order valence-electron chi connectivity index (χ4n) is 1.30. The van der Waals surface area contributed by atoms with Crippen LogP contribution in [0, 0.1) is 11.3 Å². The Kier molecular flexibility index (Phi) is 4.25. The highest BCUT2D eigenvalue weighted by atomic mass is 16.3. The Balaban J connectivity index is 3.02. The van der Waals surface area contributed by atoms with Crippen molar-refractivity contribution >= 4 is 12.3 Å². The summed E-state index contributed by atoms with van der Waals surface area (Å²) in [4.78, 5) is 0. The van der Waals surface area contributed by atoms with Gasteiger partial charge in [-0.15, -0.1) is 0 Å². The lowest BCUT2D eigenvalue weighted by atomic mass is 10.0. The highest BCUT2D eigenvalue weighted by Crippen LogP contribution is 2.13. The van der Waals surface area contributed by atoms with Gasteiger partial charge in [-0.05, 0) is 28.7 Å². The van der Waals surface area contributed by atoms with E-state index in [0.29, 0.717) is 5.92 Å². The number of allylic oxidation sites excluding steroid dienone is 1. The molecule has 0 aliphatic heterocycles. The Morgan fingerprint density at radius 3 is 2.60 bits per heavy atom. The number of aliphatic hydroxyl groups excluding tert-OH is 1. The quantitative estimate of drug-likeness (QED) is 0.726. The van der Waals surface area contributed by atoms with Crippen molar-refractivity contribution in [3.8, 4) is 0 Å². The molecule has 0 saturated carbocycles. The largest absolute Gasteiger partial charge is 0.392 e. The summed E-state index contributed by atoms with van der Waals surface area (Å²) in [6, 6.07) is 5.66. The summed E-state index contributed by atoms with van der Waals surface area (Å²) in [6.45, 7) is 4.25. The van der Waals surface area contributed by atoms with E-state index in [-0.39, 0.29) is 6.61 Å². The molecule has 0 atom stereocenters. The van der Waals surface area contributed by atoms with Crippen molar-refractivity contribution in [2.24, 2.45) is 5.92 Å². The topological polar surface area (TPSA) is 44.1 Å². The Hall–Kier alpha value is -1.41. The number of benzene rings is 1. The smallest absolute Gasteiger partial charge is 0.0682 e. The molecule has 15 heavy (non-hydrogen) atoms. The molecule has 0 bridgehead atoms. The second-order valence-electron chi connectivity index (χ2n) is 3.87. The molecular formula is C13H17NO. The van der Waals surface area contributed by atoms with E-state index in [1.807, 2.05) is 24.3 Å². The summed E-state index contributed by atoms with van der Waals surface area (Å²) in [5.41, 5.74) is 2.71. The zero-order chi connectivity index (χ0) is 11.3. The molecule has 1 aromatic rings. The second-order valence-corrected chi connectivity index (χ2v) is 3.87. The van der Waals surface area contributed by atoms with Crippen LogP contribution in [0.4, 0.5) is 0 Å². The zero-order valence-electron chi connectivity index (χ0n) is 9.20. The maximum atomic E-state index is 8.97. The van der Waals surface area contributed by atoms with Gasteiger partial charge in [-0.1, -0.05) is 38.1 Å². The minimum Gasteiger partial charge on any atom is -0.392 e. The van der Waals surface area contributed by atoms with Crippen LogP contribution >= 0.6 is 0 Å². The SMILES string of the molecule is CC(C)/C=C\c1ccc(CO)cc1C=N. The highest BCUT2D eigenvalue weighted by molar-refractivity contribution is 5.83. The summed E-state index contributed by atoms with van der Waals surface area (Å²) < 4.78 is 0. The second kappa shape index (κ2) is 5.47. The van der Waals surface area contributed by atoms with Gasteiger partial charge in [0.1, 0.15) is 0 Å². The molecule has 2 nitrogen and oxygen atoms in total. The van der Waals surface area contributed by atoms with Crippen LogP contribution in [0.15, 0.2) is 24.3 Å². The average Bonchev–Trinajstić information content (AvgIpc) is 2.25. The summed E-state index contributed by atoms with van der Waals surface area (Å²) >= 11 is 0. The van der Waals surface area contributed by atoms with Gasteiger partial charge < -0.3 is 10.5 Å². The van der Waals surface area contributed by atoms with Gasteiger partial charge >= 0.3 is 0 Å². The first kappa shape index (κ1) is 11.7. The first-order valence-corrected chi connectivity index (χ1v) is 5.10. The minimum atomic E-state index is 0.0228. The Bertz CT molecular complexity index is 367. The van der Waals surface area contributed by atoms with Crippen LogP contribution in [0.1, 0.15) is 30.5 Å². The third-order valence-electron chi connectivity index (χ3n) is 2.15. The first-order chi connectivity index (χ1) is 7.17. The molecule has 80 valence electrons. The molecule has 0 heterocycles. The van der Waals surface area contributed by atoms with Crippen LogP contribution in [0.2, 0.25) is 0 Å². The van der Waals surface area contributed by atoms with Crippen LogP contribution in [-0.4, -0.2) is 11.3 Å². The molecule has 0 unspecified atom stereocenters. The van der Waals surface area contributed by atoms with Crippen molar-refractivity contribution in [2.75, 3.05) is 0 Å². The van der Waals surface area contributed by atoms with Gasteiger partial charge in [0, 0.05) is 6.21 Å². The van der Waals surface area contributed by atoms with Gasteiger partial charge in [0.15, 0.2) is 0 Å². The van der Waals surface area contributed by atoms with E-state index >= 15 is 0 Å². The van der Waals surface area contributed by atoms with Gasteiger partial charge in [0.05, 0.1) is 6.61 Å². The third kappa shape index (κ3) is 3.33. The molecule has 1 aromatic carbocycles. The Labute approximate surface area is 90.8 Å². The summed E-state index contributed by atoms with van der Waals surface area (Å²) in [6.07, 6.45) is 5.44. The maximum absolute atomic E-state index is 8.97. The molecule has 0 aliphatic carbocycles. The van der Waals surface area contributed by atoms with Crippen LogP contribution in [-0.2, 0) is 6.61 Å². The van der Waals surface area contributed by atoms with E-state index in [1.54, 1.807) is 0 Å². The minimum absolute atomic E-state index is 0.0228. The average molecular weight is 203 g/mol. The van der Waals surface area contributed by atoms with E-state index in [0.717, 1.165) is 16.7 Å². The van der Waals surface area contributed by atoms with Crippen molar-refractivity contribution < 1.29 is 5.11 Å². The predicted octanol–water partition coefficient (Wildman–Crippen LogP) is 2.85. The fraction of sp³-hybridized carbons (Fsp3) is 0.308. The zero-order valence-corrected chi connectivity index (χ0v) is 9.20. The standard InChI is InChI=1S/C13H17NO/c1-10(2)3-5-12-6-4-11(9-15)7-13(12)8-14/h3-8,10,14-15H,9H2,1-2H3/b5-3-,14-8?. The van der Waals surface area contributed by atoms with Gasteiger partial charge in [0.2, 0.25) is 0 Å². The number of hydrogen-bond donors (Lipinski definition) is 2. The predicted molar refractivity (Wildman–Crippen MR) is 64.1 cm³/mol. The molecule has 2 heteroatoms. The first-order valence-electron chi connectivity index (χ1n) is 5.10. The molecule has 0 spiro atoms.